The van der Waals surface area contributed by atoms with Crippen LogP contribution in [0, 0.1) is 0 Å². The van der Waals surface area contributed by atoms with E-state index in [4.69, 9.17) is 17.0 Å². The molecule has 1 aromatic heterocycles. The highest BCUT2D eigenvalue weighted by Gasteiger charge is 2.22. The molecule has 2 aliphatic rings. The number of amides is 1. The van der Waals surface area contributed by atoms with Crippen molar-refractivity contribution in [2.45, 2.75) is 13.0 Å². The molecule has 3 heterocycles. The Balaban J connectivity index is 1.47. The Hall–Kier alpha value is -1.74. The molecule has 136 valence electrons. The molecule has 0 saturated carbocycles. The molecule has 4 rings (SSSR count). The number of ether oxygens (including phenoxy) is 1. The van der Waals surface area contributed by atoms with Gasteiger partial charge in [0.25, 0.3) is 5.91 Å². The van der Waals surface area contributed by atoms with Gasteiger partial charge in [0.1, 0.15) is 4.32 Å². The van der Waals surface area contributed by atoms with Crippen LogP contribution in [-0.4, -0.2) is 57.5 Å². The van der Waals surface area contributed by atoms with Crippen LogP contribution in [0.1, 0.15) is 12.0 Å². The molecule has 2 fully saturated rings. The highest BCUT2D eigenvalue weighted by Crippen LogP contribution is 2.27. The van der Waals surface area contributed by atoms with Crippen molar-refractivity contribution in [3.05, 3.63) is 35.0 Å². The number of hydrogen-bond donors (Lipinski definition) is 1. The van der Waals surface area contributed by atoms with Gasteiger partial charge in [0.05, 0.1) is 35.5 Å². The molecule has 0 bridgehead atoms. The molecule has 0 aliphatic carbocycles. The fourth-order valence-corrected chi connectivity index (χ4v) is 4.25. The number of carbonyl (C=O) groups is 1. The molecule has 0 unspecified atom stereocenters. The van der Waals surface area contributed by atoms with E-state index in [2.05, 4.69) is 25.8 Å². The quantitative estimate of drug-likeness (QED) is 0.626. The topological polar surface area (TPSA) is 59.4 Å². The van der Waals surface area contributed by atoms with Gasteiger partial charge in [-0.3, -0.25) is 9.69 Å². The van der Waals surface area contributed by atoms with E-state index in [1.54, 1.807) is 0 Å². The molecule has 0 spiro atoms. The highest BCUT2D eigenvalue weighted by molar-refractivity contribution is 8.26. The van der Waals surface area contributed by atoms with Gasteiger partial charge < -0.3 is 14.6 Å². The first-order valence-corrected chi connectivity index (χ1v) is 9.91. The molecule has 2 aromatic rings. The van der Waals surface area contributed by atoms with E-state index in [1.165, 1.54) is 11.8 Å². The fraction of sp³-hybridized carbons (Fsp3) is 0.389. The third-order valence-electron chi connectivity index (χ3n) is 4.56. The van der Waals surface area contributed by atoms with E-state index < -0.39 is 0 Å². The summed E-state index contributed by atoms with van der Waals surface area (Å²) in [5, 5.41) is 2.65. The van der Waals surface area contributed by atoms with Crippen LogP contribution < -0.4 is 5.32 Å². The van der Waals surface area contributed by atoms with Gasteiger partial charge in [0, 0.05) is 26.2 Å². The molecule has 2 aliphatic heterocycles. The van der Waals surface area contributed by atoms with Crippen LogP contribution in [0.25, 0.3) is 17.1 Å². The second kappa shape index (κ2) is 7.87. The summed E-state index contributed by atoms with van der Waals surface area (Å²) in [5.41, 5.74) is 3.04. The summed E-state index contributed by atoms with van der Waals surface area (Å²) in [6, 6.07) is 6.06. The molecule has 8 heteroatoms. The van der Waals surface area contributed by atoms with Gasteiger partial charge in [-0.15, -0.1) is 0 Å². The average Bonchev–Trinajstić information content (AvgIpc) is 3.18. The number of nitrogens with one attached hydrogen (secondary N) is 1. The summed E-state index contributed by atoms with van der Waals surface area (Å²) >= 11 is 6.34. The van der Waals surface area contributed by atoms with Crippen molar-refractivity contribution in [2.24, 2.45) is 0 Å². The Morgan fingerprint density at radius 3 is 2.92 bits per heavy atom. The Labute approximate surface area is 161 Å². The number of hydrogen-bond acceptors (Lipinski definition) is 6. The molecule has 6 nitrogen and oxygen atoms in total. The second-order valence-corrected chi connectivity index (χ2v) is 8.06. The number of thioether (sulfide) groups is 1. The van der Waals surface area contributed by atoms with Crippen molar-refractivity contribution in [3.8, 4) is 0 Å². The van der Waals surface area contributed by atoms with Crippen LogP contribution >= 0.6 is 24.0 Å². The maximum Gasteiger partial charge on any atom is 0.263 e. The normalized spacial score (nSPS) is 20.2. The number of rotatable bonds is 5. The van der Waals surface area contributed by atoms with Crippen molar-refractivity contribution in [3.63, 3.8) is 0 Å². The molecular weight excluding hydrogens is 368 g/mol. The number of aryl methyl sites for hydroxylation is 1. The number of nitrogens with zero attached hydrogens (tertiary/aromatic N) is 3. The van der Waals surface area contributed by atoms with Crippen molar-refractivity contribution >= 4 is 51.3 Å². The number of aromatic nitrogens is 2. The molecule has 0 radical (unpaired) electrons. The zero-order valence-electron chi connectivity index (χ0n) is 14.3. The Bertz CT molecular complexity index is 871. The molecular formula is C18H20N4O2S2. The van der Waals surface area contributed by atoms with E-state index in [9.17, 15) is 4.79 Å². The van der Waals surface area contributed by atoms with Crippen molar-refractivity contribution < 1.29 is 9.53 Å². The summed E-state index contributed by atoms with van der Waals surface area (Å²) < 4.78 is 8.09. The molecule has 1 aromatic carbocycles. The minimum atomic E-state index is -0.126. The maximum absolute atomic E-state index is 11.8. The molecule has 1 amide bonds. The van der Waals surface area contributed by atoms with Gasteiger partial charge >= 0.3 is 0 Å². The van der Waals surface area contributed by atoms with Crippen LogP contribution in [0.15, 0.2) is 29.4 Å². The SMILES string of the molecule is O=C1NC(=S)S/C1=C\c1ccc2ncn(CCCN3CCOCC3)c2c1. The van der Waals surface area contributed by atoms with Gasteiger partial charge in [0.2, 0.25) is 0 Å². The van der Waals surface area contributed by atoms with Gasteiger partial charge in [-0.2, -0.15) is 0 Å². The van der Waals surface area contributed by atoms with Crippen LogP contribution in [0.5, 0.6) is 0 Å². The first kappa shape index (κ1) is 17.7. The molecule has 0 atom stereocenters. The van der Waals surface area contributed by atoms with Gasteiger partial charge in [-0.05, 0) is 30.2 Å². The van der Waals surface area contributed by atoms with Crippen LogP contribution in [0.4, 0.5) is 0 Å². The predicted octanol–water partition coefficient (Wildman–Crippen LogP) is 2.25. The lowest BCUT2D eigenvalue weighted by Gasteiger charge is -2.26. The Kier molecular flexibility index (Phi) is 5.35. The lowest BCUT2D eigenvalue weighted by atomic mass is 10.2. The van der Waals surface area contributed by atoms with Crippen molar-refractivity contribution in [1.29, 1.82) is 0 Å². The lowest BCUT2D eigenvalue weighted by molar-refractivity contribution is -0.115. The summed E-state index contributed by atoms with van der Waals surface area (Å²) in [7, 11) is 0. The maximum atomic E-state index is 11.8. The highest BCUT2D eigenvalue weighted by atomic mass is 32.2. The number of imidazole rings is 1. The minimum absolute atomic E-state index is 0.126. The van der Waals surface area contributed by atoms with Crippen LogP contribution in [0.3, 0.4) is 0 Å². The Morgan fingerprint density at radius 1 is 1.31 bits per heavy atom. The largest absolute Gasteiger partial charge is 0.379 e. The van der Waals surface area contributed by atoms with E-state index in [0.29, 0.717) is 9.23 Å². The van der Waals surface area contributed by atoms with Gasteiger partial charge in [-0.1, -0.05) is 30.0 Å². The summed E-state index contributed by atoms with van der Waals surface area (Å²) in [4.78, 5) is 19.4. The number of morpholine rings is 1. The third kappa shape index (κ3) is 3.98. The number of benzene rings is 1. The van der Waals surface area contributed by atoms with E-state index in [0.717, 1.165) is 62.4 Å². The molecule has 2 saturated heterocycles. The van der Waals surface area contributed by atoms with Crippen LogP contribution in [0.2, 0.25) is 0 Å². The third-order valence-corrected chi connectivity index (χ3v) is 5.72. The Morgan fingerprint density at radius 2 is 2.15 bits per heavy atom. The average molecular weight is 389 g/mol. The summed E-state index contributed by atoms with van der Waals surface area (Å²) in [5.74, 6) is -0.126. The molecule has 26 heavy (non-hydrogen) atoms. The lowest BCUT2D eigenvalue weighted by Crippen LogP contribution is -2.37. The van der Waals surface area contributed by atoms with Crippen LogP contribution in [-0.2, 0) is 16.1 Å². The zero-order chi connectivity index (χ0) is 17.9. The number of thiocarbonyl (C=S) groups is 1. The second-order valence-electron chi connectivity index (χ2n) is 6.35. The number of fused-ring (bicyclic) bond motifs is 1. The molecule has 1 N–H and O–H groups in total. The van der Waals surface area contributed by atoms with Gasteiger partial charge in [-0.25, -0.2) is 4.98 Å². The summed E-state index contributed by atoms with van der Waals surface area (Å²) in [6.07, 6.45) is 4.85. The number of carbonyl (C=O) groups excluding carboxylic acids is 1. The monoisotopic (exact) mass is 388 g/mol. The standard InChI is InChI=1S/C18H20N4O2S2/c23-17-16(26-18(25)20-17)11-13-2-3-14-15(10-13)22(12-19-14)5-1-4-21-6-8-24-9-7-21/h2-3,10-12H,1,4-9H2,(H,20,23,25)/b16-11-. The summed E-state index contributed by atoms with van der Waals surface area (Å²) in [6.45, 7) is 5.70. The smallest absolute Gasteiger partial charge is 0.263 e. The fourth-order valence-electron chi connectivity index (χ4n) is 3.20. The van der Waals surface area contributed by atoms with E-state index >= 15 is 0 Å². The van der Waals surface area contributed by atoms with E-state index in [1.807, 2.05) is 24.5 Å². The minimum Gasteiger partial charge on any atom is -0.379 e. The first-order chi connectivity index (χ1) is 12.7. The predicted molar refractivity (Wildman–Crippen MR) is 108 cm³/mol. The van der Waals surface area contributed by atoms with Crippen molar-refractivity contribution in [1.82, 2.24) is 19.8 Å². The van der Waals surface area contributed by atoms with E-state index in [-0.39, 0.29) is 5.91 Å². The zero-order valence-corrected chi connectivity index (χ0v) is 15.9. The van der Waals surface area contributed by atoms with Gasteiger partial charge in [0.15, 0.2) is 0 Å². The first-order valence-electron chi connectivity index (χ1n) is 8.69. The van der Waals surface area contributed by atoms with Crippen molar-refractivity contribution in [2.75, 3.05) is 32.8 Å².